The van der Waals surface area contributed by atoms with E-state index < -0.39 is 0 Å². The van der Waals surface area contributed by atoms with Gasteiger partial charge in [-0.1, -0.05) is 13.3 Å². The molecule has 14 heavy (non-hydrogen) atoms. The molecule has 1 saturated heterocycles. The summed E-state index contributed by atoms with van der Waals surface area (Å²) in [4.78, 5) is 6.79. The highest BCUT2D eigenvalue weighted by Gasteiger charge is 2.19. The highest BCUT2D eigenvalue weighted by Crippen LogP contribution is 2.25. The van der Waals surface area contributed by atoms with Crippen LogP contribution < -0.4 is 4.90 Å². The fourth-order valence-corrected chi connectivity index (χ4v) is 2.67. The number of aromatic nitrogens is 2. The predicted octanol–water partition coefficient (Wildman–Crippen LogP) is 2.47. The van der Waals surface area contributed by atoms with Gasteiger partial charge < -0.3 is 4.90 Å². The number of rotatable bonds is 2. The zero-order valence-electron chi connectivity index (χ0n) is 8.86. The normalized spacial score (nSPS) is 18.9. The molecule has 1 fully saturated rings. The third-order valence-corrected chi connectivity index (χ3v) is 3.85. The largest absolute Gasteiger partial charge is 0.347 e. The van der Waals surface area contributed by atoms with E-state index in [9.17, 15) is 0 Å². The van der Waals surface area contributed by atoms with E-state index in [0.29, 0.717) is 0 Å². The molecule has 0 aliphatic carbocycles. The minimum Gasteiger partial charge on any atom is -0.347 e. The van der Waals surface area contributed by atoms with Crippen molar-refractivity contribution in [3.63, 3.8) is 0 Å². The first-order chi connectivity index (χ1) is 6.79. The number of hydrogen-bond acceptors (Lipinski definition) is 4. The second-order valence-corrected chi connectivity index (χ2v) is 4.69. The van der Waals surface area contributed by atoms with Crippen molar-refractivity contribution in [3.05, 3.63) is 5.82 Å². The first-order valence-corrected chi connectivity index (χ1v) is 6.12. The molecular weight excluding hydrogens is 194 g/mol. The summed E-state index contributed by atoms with van der Waals surface area (Å²) in [5.74, 6) is 1.84. The van der Waals surface area contributed by atoms with Gasteiger partial charge in [-0.3, -0.25) is 0 Å². The zero-order chi connectivity index (χ0) is 9.97. The summed E-state index contributed by atoms with van der Waals surface area (Å²) in [6.07, 6.45) is 3.95. The van der Waals surface area contributed by atoms with Crippen LogP contribution in [0.5, 0.6) is 0 Å². The Morgan fingerprint density at radius 1 is 1.43 bits per heavy atom. The summed E-state index contributed by atoms with van der Waals surface area (Å²) in [6.45, 7) is 6.56. The lowest BCUT2D eigenvalue weighted by atomic mass is 9.95. The molecule has 4 heteroatoms. The van der Waals surface area contributed by atoms with Crippen LogP contribution in [0.2, 0.25) is 0 Å². The van der Waals surface area contributed by atoms with Crippen LogP contribution in [-0.2, 0) is 0 Å². The Hall–Kier alpha value is -0.640. The molecule has 0 N–H and O–H groups in total. The second kappa shape index (κ2) is 4.26. The molecule has 0 saturated carbocycles. The smallest absolute Gasteiger partial charge is 0.205 e. The Labute approximate surface area is 89.3 Å². The molecule has 0 bridgehead atoms. The van der Waals surface area contributed by atoms with Gasteiger partial charge in [0, 0.05) is 24.6 Å². The van der Waals surface area contributed by atoms with Crippen LogP contribution in [0.25, 0.3) is 0 Å². The molecule has 78 valence electrons. The van der Waals surface area contributed by atoms with Crippen molar-refractivity contribution in [1.82, 2.24) is 9.36 Å². The molecule has 2 heterocycles. The summed E-state index contributed by atoms with van der Waals surface area (Å²) >= 11 is 1.53. The second-order valence-electron chi connectivity index (χ2n) is 3.96. The van der Waals surface area contributed by atoms with Gasteiger partial charge in [0.2, 0.25) is 5.13 Å². The molecule has 0 atom stereocenters. The monoisotopic (exact) mass is 211 g/mol. The minimum absolute atomic E-state index is 0.905. The lowest BCUT2D eigenvalue weighted by Crippen LogP contribution is -2.33. The quantitative estimate of drug-likeness (QED) is 0.752. The van der Waals surface area contributed by atoms with Crippen LogP contribution in [-0.4, -0.2) is 22.4 Å². The van der Waals surface area contributed by atoms with Crippen molar-refractivity contribution in [2.24, 2.45) is 5.92 Å². The summed E-state index contributed by atoms with van der Waals surface area (Å²) in [5, 5.41) is 1.11. The Bertz CT molecular complexity index is 289. The molecule has 0 unspecified atom stereocenters. The molecule has 1 aromatic heterocycles. The van der Waals surface area contributed by atoms with E-state index in [1.165, 1.54) is 30.8 Å². The fraction of sp³-hybridized carbons (Fsp3) is 0.800. The molecule has 2 rings (SSSR count). The average Bonchev–Trinajstić information content (AvgIpc) is 2.65. The average molecular weight is 211 g/mol. The van der Waals surface area contributed by atoms with Crippen molar-refractivity contribution < 1.29 is 0 Å². The van der Waals surface area contributed by atoms with Crippen LogP contribution in [0, 0.1) is 12.8 Å². The van der Waals surface area contributed by atoms with Gasteiger partial charge in [0.05, 0.1) is 0 Å². The molecule has 0 spiro atoms. The van der Waals surface area contributed by atoms with Gasteiger partial charge in [-0.25, -0.2) is 4.98 Å². The first-order valence-electron chi connectivity index (χ1n) is 5.35. The predicted molar refractivity (Wildman–Crippen MR) is 59.9 cm³/mol. The number of anilines is 1. The number of aryl methyl sites for hydroxylation is 1. The molecule has 1 aromatic rings. The summed E-state index contributed by atoms with van der Waals surface area (Å²) in [5.41, 5.74) is 0. The van der Waals surface area contributed by atoms with Crippen LogP contribution in [0.15, 0.2) is 0 Å². The number of piperidine rings is 1. The molecule has 0 amide bonds. The molecule has 0 aromatic carbocycles. The van der Waals surface area contributed by atoms with Crippen molar-refractivity contribution in [2.75, 3.05) is 18.0 Å². The van der Waals surface area contributed by atoms with E-state index in [1.807, 2.05) is 6.92 Å². The third-order valence-electron chi connectivity index (χ3n) is 2.98. The van der Waals surface area contributed by atoms with Crippen LogP contribution in [0.1, 0.15) is 32.0 Å². The van der Waals surface area contributed by atoms with Gasteiger partial charge in [0.25, 0.3) is 0 Å². The zero-order valence-corrected chi connectivity index (χ0v) is 9.68. The maximum atomic E-state index is 4.42. The van der Waals surface area contributed by atoms with Crippen molar-refractivity contribution in [2.45, 2.75) is 33.1 Å². The Balaban J connectivity index is 1.95. The summed E-state index contributed by atoms with van der Waals surface area (Å²) in [7, 11) is 0. The Morgan fingerprint density at radius 3 is 2.64 bits per heavy atom. The summed E-state index contributed by atoms with van der Waals surface area (Å²) < 4.78 is 4.22. The summed E-state index contributed by atoms with van der Waals surface area (Å²) in [6, 6.07) is 0. The maximum absolute atomic E-state index is 4.42. The number of hydrogen-bond donors (Lipinski definition) is 0. The van der Waals surface area contributed by atoms with Gasteiger partial charge in [-0.15, -0.1) is 0 Å². The van der Waals surface area contributed by atoms with E-state index in [2.05, 4.69) is 21.2 Å². The van der Waals surface area contributed by atoms with E-state index in [0.717, 1.165) is 30.0 Å². The van der Waals surface area contributed by atoms with E-state index in [4.69, 9.17) is 0 Å². The fourth-order valence-electron chi connectivity index (χ4n) is 1.95. The van der Waals surface area contributed by atoms with Crippen molar-refractivity contribution >= 4 is 16.7 Å². The SMILES string of the molecule is CCC1CCN(c2nc(C)ns2)CC1. The molecule has 0 radical (unpaired) electrons. The van der Waals surface area contributed by atoms with Gasteiger partial charge in [0.1, 0.15) is 5.82 Å². The van der Waals surface area contributed by atoms with Gasteiger partial charge >= 0.3 is 0 Å². The topological polar surface area (TPSA) is 29.0 Å². The Morgan fingerprint density at radius 2 is 2.14 bits per heavy atom. The lowest BCUT2D eigenvalue weighted by Gasteiger charge is -2.30. The number of nitrogens with zero attached hydrogens (tertiary/aromatic N) is 3. The Kier molecular flexibility index (Phi) is 3.01. The highest BCUT2D eigenvalue weighted by atomic mass is 32.1. The van der Waals surface area contributed by atoms with Crippen molar-refractivity contribution in [3.8, 4) is 0 Å². The minimum atomic E-state index is 0.905. The van der Waals surface area contributed by atoms with Gasteiger partial charge in [-0.05, 0) is 25.7 Å². The van der Waals surface area contributed by atoms with Gasteiger partial charge in [-0.2, -0.15) is 4.37 Å². The first kappa shape index (κ1) is 9.90. The van der Waals surface area contributed by atoms with Gasteiger partial charge in [0.15, 0.2) is 0 Å². The molecule has 3 nitrogen and oxygen atoms in total. The maximum Gasteiger partial charge on any atom is 0.205 e. The van der Waals surface area contributed by atoms with E-state index in [-0.39, 0.29) is 0 Å². The van der Waals surface area contributed by atoms with Crippen LogP contribution in [0.4, 0.5) is 5.13 Å². The van der Waals surface area contributed by atoms with E-state index in [1.54, 1.807) is 0 Å². The molecular formula is C10H17N3S. The van der Waals surface area contributed by atoms with Crippen molar-refractivity contribution in [1.29, 1.82) is 0 Å². The lowest BCUT2D eigenvalue weighted by molar-refractivity contribution is 0.395. The molecule has 1 aliphatic rings. The van der Waals surface area contributed by atoms with E-state index >= 15 is 0 Å². The highest BCUT2D eigenvalue weighted by molar-refractivity contribution is 7.09. The van der Waals surface area contributed by atoms with Crippen LogP contribution >= 0.6 is 11.5 Å². The third kappa shape index (κ3) is 2.05. The standard InChI is InChI=1S/C10H17N3S/c1-3-9-4-6-13(7-5-9)10-11-8(2)12-14-10/h9H,3-7H2,1-2H3. The van der Waals surface area contributed by atoms with Crippen LogP contribution in [0.3, 0.4) is 0 Å². The molecule has 1 aliphatic heterocycles.